The zero-order valence-corrected chi connectivity index (χ0v) is 11.6. The van der Waals surface area contributed by atoms with Gasteiger partial charge in [0.2, 0.25) is 0 Å². The summed E-state index contributed by atoms with van der Waals surface area (Å²) in [5.41, 5.74) is 7.99. The predicted molar refractivity (Wildman–Crippen MR) is 76.4 cm³/mol. The lowest BCUT2D eigenvalue weighted by atomic mass is 9.88. The van der Waals surface area contributed by atoms with Crippen LogP contribution in [0.3, 0.4) is 0 Å². The van der Waals surface area contributed by atoms with E-state index in [1.165, 1.54) is 5.56 Å². The van der Waals surface area contributed by atoms with Gasteiger partial charge in [0.15, 0.2) is 5.78 Å². The fourth-order valence-corrected chi connectivity index (χ4v) is 1.33. The van der Waals surface area contributed by atoms with Crippen LogP contribution in [0.25, 0.3) is 0 Å². The van der Waals surface area contributed by atoms with E-state index in [1.54, 1.807) is 0 Å². The number of nitrogens with two attached hydrogens (primary N) is 1. The number of carbonyl (C=O) groups excluding carboxylic acids is 1. The molecule has 3 rings (SSSR count). The predicted octanol–water partition coefficient (Wildman–Crippen LogP) is 2.40. The van der Waals surface area contributed by atoms with Gasteiger partial charge in [-0.2, -0.15) is 0 Å². The van der Waals surface area contributed by atoms with Gasteiger partial charge in [0.25, 0.3) is 5.97 Å². The van der Waals surface area contributed by atoms with Crippen molar-refractivity contribution >= 4 is 11.8 Å². The van der Waals surface area contributed by atoms with E-state index in [1.807, 2.05) is 38.1 Å². The molecule has 1 aromatic carbocycles. The molecule has 0 heterocycles. The number of rotatable bonds is 2. The first-order valence-electron chi connectivity index (χ1n) is 6.02. The number of fused-ring (bicyclic) bond motifs is 2. The normalized spacial score (nSPS) is 10.5. The Kier molecular flexibility index (Phi) is 7.37. The van der Waals surface area contributed by atoms with Crippen LogP contribution in [0.2, 0.25) is 0 Å². The summed E-state index contributed by atoms with van der Waals surface area (Å²) in [5.74, 6) is -0.641. The molecule has 0 spiro atoms. The summed E-state index contributed by atoms with van der Waals surface area (Å²) < 4.78 is 0. The molecule has 2 bridgehead atoms. The van der Waals surface area contributed by atoms with Crippen LogP contribution >= 0.6 is 0 Å². The Morgan fingerprint density at radius 1 is 1.37 bits per heavy atom. The van der Waals surface area contributed by atoms with E-state index < -0.39 is 5.97 Å². The van der Waals surface area contributed by atoms with Crippen LogP contribution in [0.15, 0.2) is 30.9 Å². The van der Waals surface area contributed by atoms with E-state index in [4.69, 9.17) is 15.6 Å². The van der Waals surface area contributed by atoms with E-state index in [0.717, 1.165) is 24.5 Å². The molecular formula is C15H21NO3. The van der Waals surface area contributed by atoms with Crippen molar-refractivity contribution in [1.82, 2.24) is 0 Å². The van der Waals surface area contributed by atoms with Gasteiger partial charge in [0.05, 0.1) is 0 Å². The largest absolute Gasteiger partial charge is 0.481 e. The number of benzene rings is 1. The third-order valence-electron chi connectivity index (χ3n) is 1.90. The summed E-state index contributed by atoms with van der Waals surface area (Å²) in [5, 5.41) is 7.42. The van der Waals surface area contributed by atoms with Crippen LogP contribution in [-0.2, 0) is 11.2 Å². The van der Waals surface area contributed by atoms with Crippen LogP contribution in [0.4, 0.5) is 0 Å². The molecule has 2 aliphatic carbocycles. The number of carbonyl (C=O) groups is 2. The molecular weight excluding hydrogens is 242 g/mol. The molecule has 0 amide bonds. The Labute approximate surface area is 113 Å². The monoisotopic (exact) mass is 263 g/mol. The van der Waals surface area contributed by atoms with Gasteiger partial charge in [0.1, 0.15) is 0 Å². The number of aliphatic carboxylic acids is 1. The Morgan fingerprint density at radius 2 is 1.74 bits per heavy atom. The Hall–Kier alpha value is -1.94. The number of hydrogen-bond donors (Lipinski definition) is 2. The van der Waals surface area contributed by atoms with Gasteiger partial charge in [-0.3, -0.25) is 9.59 Å². The van der Waals surface area contributed by atoms with Crippen LogP contribution in [0, 0.1) is 0 Å². The van der Waals surface area contributed by atoms with Crippen LogP contribution in [-0.4, -0.2) is 22.9 Å². The molecule has 0 aliphatic heterocycles. The zero-order chi connectivity index (χ0) is 15.0. The molecule has 0 unspecified atom stereocenters. The van der Waals surface area contributed by atoms with Crippen molar-refractivity contribution in [3.8, 4) is 0 Å². The number of carboxylic acids is 1. The molecule has 0 saturated heterocycles. The SMILES string of the molecule is C=CCc1cc2cc(c1)C2=O.CC(=O)O.CC(C)N. The van der Waals surface area contributed by atoms with Crippen molar-refractivity contribution in [3.63, 3.8) is 0 Å². The molecule has 0 atom stereocenters. The summed E-state index contributed by atoms with van der Waals surface area (Å²) >= 11 is 0. The van der Waals surface area contributed by atoms with Gasteiger partial charge in [-0.1, -0.05) is 19.9 Å². The number of allylic oxidation sites excluding steroid dienone is 1. The number of carboxylic acid groups (broad SMARTS) is 1. The standard InChI is InChI=1S/C10H8O.C3H9N.C2H4O2/c1-2-3-7-4-8-6-9(5-7)10(8)11;1-3(2)4;1-2(3)4/h2,4-6H,1,3H2;3H,4H2,1-2H3;1H3,(H,3,4). The molecule has 3 N–H and O–H groups in total. The lowest BCUT2D eigenvalue weighted by Gasteiger charge is -2.14. The third kappa shape index (κ3) is 7.16. The molecule has 2 aliphatic rings. The minimum Gasteiger partial charge on any atom is -0.481 e. The number of hydrogen-bond acceptors (Lipinski definition) is 3. The van der Waals surface area contributed by atoms with Gasteiger partial charge in [-0.15, -0.1) is 6.58 Å². The molecule has 1 aromatic rings. The second kappa shape index (κ2) is 8.21. The van der Waals surface area contributed by atoms with Gasteiger partial charge < -0.3 is 10.8 Å². The Balaban J connectivity index is 0.000000342. The first kappa shape index (κ1) is 17.1. The lowest BCUT2D eigenvalue weighted by Crippen LogP contribution is -2.13. The maximum absolute atomic E-state index is 11.0. The van der Waals surface area contributed by atoms with Crippen LogP contribution < -0.4 is 5.73 Å². The Morgan fingerprint density at radius 3 is 2.00 bits per heavy atom. The maximum Gasteiger partial charge on any atom is 0.300 e. The molecule has 0 aromatic heterocycles. The van der Waals surface area contributed by atoms with Crippen molar-refractivity contribution in [2.24, 2.45) is 5.73 Å². The quantitative estimate of drug-likeness (QED) is 0.815. The highest BCUT2D eigenvalue weighted by molar-refractivity contribution is 6.16. The van der Waals surface area contributed by atoms with Gasteiger partial charge in [0, 0.05) is 18.1 Å². The molecule has 4 heteroatoms. The highest BCUT2D eigenvalue weighted by atomic mass is 16.4. The van der Waals surface area contributed by atoms with E-state index >= 15 is 0 Å². The minimum atomic E-state index is -0.833. The molecule has 0 fully saturated rings. The third-order valence-corrected chi connectivity index (χ3v) is 1.90. The molecule has 0 saturated carbocycles. The van der Waals surface area contributed by atoms with Crippen molar-refractivity contribution < 1.29 is 14.7 Å². The fourth-order valence-electron chi connectivity index (χ4n) is 1.33. The Bertz CT molecular complexity index is 433. The molecule has 19 heavy (non-hydrogen) atoms. The smallest absolute Gasteiger partial charge is 0.300 e. The van der Waals surface area contributed by atoms with E-state index in [-0.39, 0.29) is 5.78 Å². The zero-order valence-electron chi connectivity index (χ0n) is 11.6. The van der Waals surface area contributed by atoms with Gasteiger partial charge >= 0.3 is 0 Å². The lowest BCUT2D eigenvalue weighted by molar-refractivity contribution is -0.134. The first-order valence-corrected chi connectivity index (χ1v) is 6.02. The second-order valence-electron chi connectivity index (χ2n) is 4.50. The van der Waals surface area contributed by atoms with E-state index in [2.05, 4.69) is 6.58 Å². The van der Waals surface area contributed by atoms with Crippen LogP contribution in [0.1, 0.15) is 42.3 Å². The first-order chi connectivity index (χ1) is 8.77. The average molecular weight is 263 g/mol. The fraction of sp³-hybridized carbons (Fsp3) is 0.333. The summed E-state index contributed by atoms with van der Waals surface area (Å²) in [6.07, 6.45) is 2.70. The molecule has 4 nitrogen and oxygen atoms in total. The van der Waals surface area contributed by atoms with Crippen molar-refractivity contribution in [3.05, 3.63) is 47.5 Å². The summed E-state index contributed by atoms with van der Waals surface area (Å²) in [7, 11) is 0. The average Bonchev–Trinajstić information content (AvgIpc) is 2.27. The van der Waals surface area contributed by atoms with Crippen molar-refractivity contribution in [2.75, 3.05) is 0 Å². The number of ketones is 1. The van der Waals surface area contributed by atoms with E-state index in [9.17, 15) is 4.79 Å². The van der Waals surface area contributed by atoms with Crippen molar-refractivity contribution in [1.29, 1.82) is 0 Å². The minimum absolute atomic E-state index is 0.192. The molecule has 0 radical (unpaired) electrons. The summed E-state index contributed by atoms with van der Waals surface area (Å²) in [6, 6.07) is 6.10. The topological polar surface area (TPSA) is 80.4 Å². The van der Waals surface area contributed by atoms with Gasteiger partial charge in [-0.25, -0.2) is 0 Å². The highest BCUT2D eigenvalue weighted by Gasteiger charge is 2.20. The summed E-state index contributed by atoms with van der Waals surface area (Å²) in [6.45, 7) is 8.61. The van der Waals surface area contributed by atoms with E-state index in [0.29, 0.717) is 6.04 Å². The molecule has 104 valence electrons. The highest BCUT2D eigenvalue weighted by Crippen LogP contribution is 2.23. The summed E-state index contributed by atoms with van der Waals surface area (Å²) in [4.78, 5) is 20.0. The maximum atomic E-state index is 11.0. The second-order valence-corrected chi connectivity index (χ2v) is 4.50. The van der Waals surface area contributed by atoms with Crippen molar-refractivity contribution in [2.45, 2.75) is 33.2 Å². The van der Waals surface area contributed by atoms with Crippen LogP contribution in [0.5, 0.6) is 0 Å². The van der Waals surface area contributed by atoms with Gasteiger partial charge in [-0.05, 0) is 36.2 Å².